The highest BCUT2D eigenvalue weighted by Gasteiger charge is 2.43. The summed E-state index contributed by atoms with van der Waals surface area (Å²) in [5.41, 5.74) is 3.62. The standard InChI is InChI=1S/C24H30O5S/c1-3-15-5-7-16(8-6-15)11-18-12-17(13-25)9-10-20(18)29-24-19(4-2)22(27)23(28)21(14-26)30-24/h4-10,12,19,21-28H,2-3,11,13-14H2,1H3/t19?,21-,22-,23-,24-/m1/s1. The van der Waals surface area contributed by atoms with E-state index in [1.165, 1.54) is 17.3 Å². The Balaban J connectivity index is 1.87. The minimum Gasteiger partial charge on any atom is -0.479 e. The summed E-state index contributed by atoms with van der Waals surface area (Å²) in [5, 5.41) is 39.3. The molecule has 1 unspecified atom stereocenters. The van der Waals surface area contributed by atoms with Crippen molar-refractivity contribution in [2.24, 2.45) is 5.92 Å². The van der Waals surface area contributed by atoms with Crippen LogP contribution >= 0.6 is 11.8 Å². The molecular formula is C24H30O5S. The molecule has 1 aliphatic rings. The molecule has 162 valence electrons. The van der Waals surface area contributed by atoms with Crippen molar-refractivity contribution in [2.45, 2.75) is 49.3 Å². The maximum Gasteiger partial charge on any atom is 0.153 e. The molecule has 1 fully saturated rings. The van der Waals surface area contributed by atoms with Gasteiger partial charge in [-0.05, 0) is 40.8 Å². The highest BCUT2D eigenvalue weighted by Crippen LogP contribution is 2.39. The fourth-order valence-electron chi connectivity index (χ4n) is 3.68. The monoisotopic (exact) mass is 430 g/mol. The molecule has 2 aromatic carbocycles. The van der Waals surface area contributed by atoms with Crippen molar-refractivity contribution < 1.29 is 25.2 Å². The van der Waals surface area contributed by atoms with E-state index in [0.29, 0.717) is 12.2 Å². The number of thioether (sulfide) groups is 1. The van der Waals surface area contributed by atoms with Gasteiger partial charge in [0.05, 0.1) is 36.6 Å². The van der Waals surface area contributed by atoms with Crippen molar-refractivity contribution in [3.63, 3.8) is 0 Å². The lowest BCUT2D eigenvalue weighted by Crippen LogP contribution is -2.51. The lowest BCUT2D eigenvalue weighted by molar-refractivity contribution is -0.0359. The third kappa shape index (κ3) is 5.07. The van der Waals surface area contributed by atoms with Gasteiger partial charge in [0.25, 0.3) is 0 Å². The molecular weight excluding hydrogens is 400 g/mol. The molecule has 1 heterocycles. The summed E-state index contributed by atoms with van der Waals surface area (Å²) in [7, 11) is 0. The molecule has 1 saturated heterocycles. The van der Waals surface area contributed by atoms with Crippen molar-refractivity contribution in [3.05, 3.63) is 77.4 Å². The van der Waals surface area contributed by atoms with Gasteiger partial charge in [-0.25, -0.2) is 0 Å². The van der Waals surface area contributed by atoms with Gasteiger partial charge in [-0.15, -0.1) is 18.3 Å². The van der Waals surface area contributed by atoms with Gasteiger partial charge in [0.2, 0.25) is 0 Å². The molecule has 0 amide bonds. The number of aliphatic hydroxyl groups is 4. The molecule has 3 rings (SSSR count). The molecule has 0 saturated carbocycles. The third-order valence-electron chi connectivity index (χ3n) is 5.58. The quantitative estimate of drug-likeness (QED) is 0.482. The normalized spacial score (nSPS) is 26.4. The van der Waals surface area contributed by atoms with Crippen LogP contribution in [0.2, 0.25) is 0 Å². The van der Waals surface area contributed by atoms with E-state index in [0.717, 1.165) is 23.1 Å². The molecule has 2 aromatic rings. The van der Waals surface area contributed by atoms with Crippen LogP contribution in [0.1, 0.15) is 29.2 Å². The first-order chi connectivity index (χ1) is 14.5. The number of hydrogen-bond donors (Lipinski definition) is 4. The van der Waals surface area contributed by atoms with Crippen LogP contribution in [0.5, 0.6) is 5.75 Å². The first-order valence-electron chi connectivity index (χ1n) is 10.2. The van der Waals surface area contributed by atoms with E-state index < -0.39 is 28.8 Å². The lowest BCUT2D eigenvalue weighted by Gasteiger charge is -2.40. The average Bonchev–Trinajstić information content (AvgIpc) is 2.77. The Kier molecular flexibility index (Phi) is 7.97. The topological polar surface area (TPSA) is 90.2 Å². The molecule has 6 heteroatoms. The van der Waals surface area contributed by atoms with Gasteiger partial charge in [-0.2, -0.15) is 0 Å². The Morgan fingerprint density at radius 2 is 1.67 bits per heavy atom. The second-order valence-corrected chi connectivity index (χ2v) is 8.93. The zero-order valence-electron chi connectivity index (χ0n) is 17.1. The van der Waals surface area contributed by atoms with Gasteiger partial charge < -0.3 is 25.2 Å². The number of rotatable bonds is 8. The molecule has 0 radical (unpaired) electrons. The van der Waals surface area contributed by atoms with Crippen LogP contribution in [0, 0.1) is 5.92 Å². The number of hydrogen-bond acceptors (Lipinski definition) is 6. The molecule has 1 aliphatic heterocycles. The van der Waals surface area contributed by atoms with E-state index in [9.17, 15) is 20.4 Å². The molecule has 0 aliphatic carbocycles. The van der Waals surface area contributed by atoms with Gasteiger partial charge >= 0.3 is 0 Å². The second-order valence-electron chi connectivity index (χ2n) is 7.58. The van der Waals surface area contributed by atoms with Crippen molar-refractivity contribution in [2.75, 3.05) is 6.61 Å². The van der Waals surface area contributed by atoms with Crippen molar-refractivity contribution in [1.82, 2.24) is 0 Å². The van der Waals surface area contributed by atoms with E-state index in [1.807, 2.05) is 18.2 Å². The summed E-state index contributed by atoms with van der Waals surface area (Å²) < 4.78 is 6.29. The summed E-state index contributed by atoms with van der Waals surface area (Å²) in [6.45, 7) is 5.59. The SMILES string of the molecule is C=CC1[C@H](Oc2ccc(CO)cc2Cc2ccc(CC)cc2)S[C@H](CO)[C@@H](O)[C@@H]1O. The molecule has 0 aromatic heterocycles. The van der Waals surface area contributed by atoms with Crippen LogP contribution in [0.4, 0.5) is 0 Å². The summed E-state index contributed by atoms with van der Waals surface area (Å²) in [6.07, 6.45) is 1.10. The van der Waals surface area contributed by atoms with Gasteiger partial charge in [0, 0.05) is 6.42 Å². The number of aryl methyl sites for hydroxylation is 1. The van der Waals surface area contributed by atoms with Gasteiger partial charge in [0.15, 0.2) is 5.44 Å². The minimum atomic E-state index is -1.06. The molecule has 4 N–H and O–H groups in total. The van der Waals surface area contributed by atoms with Crippen molar-refractivity contribution in [3.8, 4) is 5.75 Å². The minimum absolute atomic E-state index is 0.0625. The van der Waals surface area contributed by atoms with Crippen LogP contribution in [-0.4, -0.2) is 49.9 Å². The molecule has 30 heavy (non-hydrogen) atoms. The summed E-state index contributed by atoms with van der Waals surface area (Å²) in [6, 6.07) is 14.0. The van der Waals surface area contributed by atoms with E-state index in [-0.39, 0.29) is 13.2 Å². The van der Waals surface area contributed by atoms with E-state index >= 15 is 0 Å². The first kappa shape index (κ1) is 22.8. The number of ether oxygens (including phenoxy) is 1. The molecule has 5 atom stereocenters. The van der Waals surface area contributed by atoms with Crippen molar-refractivity contribution in [1.29, 1.82) is 0 Å². The van der Waals surface area contributed by atoms with E-state index in [4.69, 9.17) is 4.74 Å². The van der Waals surface area contributed by atoms with Crippen LogP contribution in [0.3, 0.4) is 0 Å². The second kappa shape index (κ2) is 10.5. The first-order valence-corrected chi connectivity index (χ1v) is 11.2. The Morgan fingerprint density at radius 1 is 1.00 bits per heavy atom. The van der Waals surface area contributed by atoms with Crippen LogP contribution in [0.15, 0.2) is 55.1 Å². The highest BCUT2D eigenvalue weighted by molar-refractivity contribution is 8.00. The highest BCUT2D eigenvalue weighted by atomic mass is 32.2. The summed E-state index contributed by atoms with van der Waals surface area (Å²) in [4.78, 5) is 0. The smallest absolute Gasteiger partial charge is 0.153 e. The fourth-order valence-corrected chi connectivity index (χ4v) is 5.05. The number of benzene rings is 2. The Bertz CT molecular complexity index is 838. The lowest BCUT2D eigenvalue weighted by atomic mass is 9.95. The maximum absolute atomic E-state index is 10.5. The predicted molar refractivity (Wildman–Crippen MR) is 120 cm³/mol. The van der Waals surface area contributed by atoms with Gasteiger partial charge in [-0.3, -0.25) is 0 Å². The molecule has 0 spiro atoms. The van der Waals surface area contributed by atoms with Crippen LogP contribution in [-0.2, 0) is 19.4 Å². The maximum atomic E-state index is 10.5. The predicted octanol–water partition coefficient (Wildman–Crippen LogP) is 2.67. The third-order valence-corrected chi connectivity index (χ3v) is 7.03. The number of aliphatic hydroxyl groups excluding tert-OH is 4. The molecule has 5 nitrogen and oxygen atoms in total. The largest absolute Gasteiger partial charge is 0.479 e. The molecule has 0 bridgehead atoms. The fraction of sp³-hybridized carbons (Fsp3) is 0.417. The van der Waals surface area contributed by atoms with E-state index in [1.54, 1.807) is 6.08 Å². The van der Waals surface area contributed by atoms with Crippen LogP contribution in [0.25, 0.3) is 0 Å². The zero-order valence-corrected chi connectivity index (χ0v) is 18.0. The summed E-state index contributed by atoms with van der Waals surface area (Å²) >= 11 is 1.30. The van der Waals surface area contributed by atoms with Gasteiger partial charge in [0.1, 0.15) is 5.75 Å². The Labute approximate surface area is 182 Å². The summed E-state index contributed by atoms with van der Waals surface area (Å²) in [5.74, 6) is 0.165. The Hall–Kier alpha value is -1.83. The van der Waals surface area contributed by atoms with Gasteiger partial charge in [-0.1, -0.05) is 43.3 Å². The Morgan fingerprint density at radius 3 is 2.27 bits per heavy atom. The zero-order chi connectivity index (χ0) is 21.7. The van der Waals surface area contributed by atoms with E-state index in [2.05, 4.69) is 37.8 Å². The average molecular weight is 431 g/mol. The van der Waals surface area contributed by atoms with Crippen molar-refractivity contribution >= 4 is 11.8 Å². The van der Waals surface area contributed by atoms with Crippen LogP contribution < -0.4 is 4.74 Å².